The maximum absolute atomic E-state index is 13.0. The molecule has 1 aliphatic rings. The molecule has 7 heteroatoms. The first-order valence-electron chi connectivity index (χ1n) is 11.1. The number of aryl methyl sites for hydroxylation is 1. The Morgan fingerprint density at radius 3 is 2.50 bits per heavy atom. The van der Waals surface area contributed by atoms with Gasteiger partial charge in [-0.25, -0.2) is 0 Å². The molecule has 0 aliphatic heterocycles. The van der Waals surface area contributed by atoms with Crippen molar-refractivity contribution in [1.29, 1.82) is 0 Å². The molecule has 0 unspecified atom stereocenters. The van der Waals surface area contributed by atoms with Crippen LogP contribution in [0.3, 0.4) is 0 Å². The zero-order valence-corrected chi connectivity index (χ0v) is 19.6. The number of likely N-dealkylation sites (N-methyl/N-ethyl adjacent to an activating group) is 1. The summed E-state index contributed by atoms with van der Waals surface area (Å²) in [7, 11) is 4.30. The third kappa shape index (κ3) is 4.87. The summed E-state index contributed by atoms with van der Waals surface area (Å²) in [5.41, 5.74) is 3.17. The molecular weight excluding hydrogens is 422 g/mol. The van der Waals surface area contributed by atoms with Crippen LogP contribution in [-0.2, 0) is 6.42 Å². The first kappa shape index (κ1) is 22.5. The summed E-state index contributed by atoms with van der Waals surface area (Å²) in [6.45, 7) is 1.82. The first-order valence-corrected chi connectivity index (χ1v) is 11.5. The van der Waals surface area contributed by atoms with Gasteiger partial charge in [-0.3, -0.25) is 4.79 Å². The number of benzene rings is 2. The van der Waals surface area contributed by atoms with Crippen molar-refractivity contribution in [2.24, 2.45) is 0 Å². The molecule has 4 rings (SSSR count). The highest BCUT2D eigenvalue weighted by atomic mass is 35.5. The maximum Gasteiger partial charge on any atom is 0.273 e. The van der Waals surface area contributed by atoms with Crippen LogP contribution in [0.4, 0.5) is 0 Å². The molecule has 0 bridgehead atoms. The van der Waals surface area contributed by atoms with Crippen LogP contribution >= 0.6 is 11.6 Å². The molecule has 6 nitrogen and oxygen atoms in total. The second-order valence-corrected chi connectivity index (χ2v) is 9.37. The van der Waals surface area contributed by atoms with E-state index >= 15 is 0 Å². The lowest BCUT2D eigenvalue weighted by molar-refractivity contribution is 0.0766. The van der Waals surface area contributed by atoms with E-state index in [1.807, 2.05) is 49.4 Å². The second kappa shape index (κ2) is 9.43. The minimum atomic E-state index is -0.151. The van der Waals surface area contributed by atoms with Crippen LogP contribution in [0.1, 0.15) is 47.4 Å². The average molecular weight is 452 g/mol. The summed E-state index contributed by atoms with van der Waals surface area (Å²) in [6, 6.07) is 17.9. The van der Waals surface area contributed by atoms with Crippen LogP contribution in [-0.4, -0.2) is 51.5 Å². The van der Waals surface area contributed by atoms with Gasteiger partial charge >= 0.3 is 0 Å². The van der Waals surface area contributed by atoms with E-state index in [9.17, 15) is 4.79 Å². The third-order valence-electron chi connectivity index (χ3n) is 6.61. The largest absolute Gasteiger partial charge is 0.348 e. The van der Waals surface area contributed by atoms with Crippen molar-refractivity contribution in [2.45, 2.75) is 50.6 Å². The Bertz CT molecular complexity index is 1070. The van der Waals surface area contributed by atoms with Crippen LogP contribution in [0.25, 0.3) is 5.69 Å². The predicted molar refractivity (Wildman–Crippen MR) is 127 cm³/mol. The number of para-hydroxylation sites is 1. The SMILES string of the molecule is Cc1nn(-c2ccccc2)nc1C(=O)NC1CCC(Cc2cccc(Cl)c2)(N(C)C)CC1. The number of hydrogen-bond acceptors (Lipinski definition) is 4. The van der Waals surface area contributed by atoms with Crippen molar-refractivity contribution < 1.29 is 4.79 Å². The Morgan fingerprint density at radius 1 is 1.12 bits per heavy atom. The monoisotopic (exact) mass is 451 g/mol. The van der Waals surface area contributed by atoms with Crippen LogP contribution in [0.5, 0.6) is 0 Å². The van der Waals surface area contributed by atoms with Crippen LogP contribution in [0.15, 0.2) is 54.6 Å². The van der Waals surface area contributed by atoms with Crippen molar-refractivity contribution in [3.63, 3.8) is 0 Å². The molecule has 3 aromatic rings. The quantitative estimate of drug-likeness (QED) is 0.601. The molecule has 1 heterocycles. The smallest absolute Gasteiger partial charge is 0.273 e. The van der Waals surface area contributed by atoms with Gasteiger partial charge in [-0.15, -0.1) is 5.10 Å². The highest BCUT2D eigenvalue weighted by Crippen LogP contribution is 2.36. The highest BCUT2D eigenvalue weighted by Gasteiger charge is 2.38. The van der Waals surface area contributed by atoms with E-state index in [2.05, 4.69) is 46.6 Å². The number of aromatic nitrogens is 3. The molecule has 1 aromatic heterocycles. The number of nitrogens with one attached hydrogen (secondary N) is 1. The van der Waals surface area contributed by atoms with Gasteiger partial charge in [0.05, 0.1) is 11.4 Å². The number of amides is 1. The van der Waals surface area contributed by atoms with Gasteiger partial charge in [0.25, 0.3) is 5.91 Å². The summed E-state index contributed by atoms with van der Waals surface area (Å²) in [5.74, 6) is -0.151. The third-order valence-corrected chi connectivity index (χ3v) is 6.84. The molecule has 1 N–H and O–H groups in total. The predicted octanol–water partition coefficient (Wildman–Crippen LogP) is 4.44. The molecule has 0 spiro atoms. The van der Waals surface area contributed by atoms with Crippen molar-refractivity contribution >= 4 is 17.5 Å². The van der Waals surface area contributed by atoms with Gasteiger partial charge in [-0.2, -0.15) is 9.90 Å². The van der Waals surface area contributed by atoms with Gasteiger partial charge in [-0.05, 0) is 83.0 Å². The lowest BCUT2D eigenvalue weighted by Gasteiger charge is -2.45. The first-order chi connectivity index (χ1) is 15.4. The fraction of sp³-hybridized carbons (Fsp3) is 0.400. The van der Waals surface area contributed by atoms with E-state index in [1.165, 1.54) is 10.4 Å². The minimum absolute atomic E-state index is 0.0677. The van der Waals surface area contributed by atoms with Gasteiger partial charge in [-0.1, -0.05) is 41.9 Å². The molecule has 1 saturated carbocycles. The van der Waals surface area contributed by atoms with Crippen LogP contribution in [0, 0.1) is 6.92 Å². The molecule has 32 heavy (non-hydrogen) atoms. The summed E-state index contributed by atoms with van der Waals surface area (Å²) in [6.07, 6.45) is 4.82. The Kier molecular flexibility index (Phi) is 6.63. The Hall–Kier alpha value is -2.70. The average Bonchev–Trinajstić information content (AvgIpc) is 3.17. The van der Waals surface area contributed by atoms with E-state index in [-0.39, 0.29) is 17.5 Å². The normalized spacial score (nSPS) is 21.0. The van der Waals surface area contributed by atoms with Crippen LogP contribution < -0.4 is 5.32 Å². The van der Waals surface area contributed by atoms with Gasteiger partial charge < -0.3 is 10.2 Å². The molecule has 0 atom stereocenters. The van der Waals surface area contributed by atoms with Crippen molar-refractivity contribution in [3.05, 3.63) is 76.6 Å². The van der Waals surface area contributed by atoms with E-state index in [0.29, 0.717) is 11.4 Å². The summed E-state index contributed by atoms with van der Waals surface area (Å²) in [5, 5.41) is 12.8. The molecule has 0 saturated heterocycles. The molecule has 2 aromatic carbocycles. The van der Waals surface area contributed by atoms with Crippen molar-refractivity contribution in [2.75, 3.05) is 14.1 Å². The Labute approximate surface area is 194 Å². The molecular formula is C25H30ClN5O. The van der Waals surface area contributed by atoms with Crippen molar-refractivity contribution in [1.82, 2.24) is 25.2 Å². The summed E-state index contributed by atoms with van der Waals surface area (Å²) >= 11 is 6.21. The minimum Gasteiger partial charge on any atom is -0.348 e. The second-order valence-electron chi connectivity index (χ2n) is 8.93. The Morgan fingerprint density at radius 2 is 1.84 bits per heavy atom. The molecule has 1 aliphatic carbocycles. The van der Waals surface area contributed by atoms with Gasteiger partial charge in [0, 0.05) is 16.6 Å². The number of halogens is 1. The number of nitrogens with zero attached hydrogens (tertiary/aromatic N) is 4. The number of carbonyl (C=O) groups is 1. The molecule has 0 radical (unpaired) electrons. The number of rotatable bonds is 6. The topological polar surface area (TPSA) is 63.1 Å². The van der Waals surface area contributed by atoms with Crippen molar-refractivity contribution in [3.8, 4) is 5.69 Å². The summed E-state index contributed by atoms with van der Waals surface area (Å²) in [4.78, 5) is 16.8. The zero-order valence-electron chi connectivity index (χ0n) is 18.9. The van der Waals surface area contributed by atoms with E-state index < -0.39 is 0 Å². The lowest BCUT2D eigenvalue weighted by atomic mass is 9.75. The summed E-state index contributed by atoms with van der Waals surface area (Å²) < 4.78 is 0. The fourth-order valence-corrected chi connectivity index (χ4v) is 4.84. The van der Waals surface area contributed by atoms with Gasteiger partial charge in [0.1, 0.15) is 0 Å². The molecule has 1 fully saturated rings. The number of carbonyl (C=O) groups excluding carboxylic acids is 1. The standard InChI is InChI=1S/C25H30ClN5O/c1-18-23(29-31(28-18)22-10-5-4-6-11-22)24(32)27-21-12-14-25(15-13-21,30(2)3)17-19-8-7-9-20(26)16-19/h4-11,16,21H,12-15,17H2,1-3H3,(H,27,32). The molecule has 1 amide bonds. The van der Waals surface area contributed by atoms with Gasteiger partial charge in [0.15, 0.2) is 5.69 Å². The zero-order chi connectivity index (χ0) is 22.7. The fourth-order valence-electron chi connectivity index (χ4n) is 4.63. The van der Waals surface area contributed by atoms with E-state index in [4.69, 9.17) is 11.6 Å². The molecule has 168 valence electrons. The van der Waals surface area contributed by atoms with Gasteiger partial charge in [0.2, 0.25) is 0 Å². The Balaban J connectivity index is 1.41. The van der Waals surface area contributed by atoms with Crippen LogP contribution in [0.2, 0.25) is 5.02 Å². The van der Waals surface area contributed by atoms with E-state index in [0.717, 1.165) is 42.8 Å². The number of hydrogen-bond donors (Lipinski definition) is 1. The van der Waals surface area contributed by atoms with E-state index in [1.54, 1.807) is 0 Å². The highest BCUT2D eigenvalue weighted by molar-refractivity contribution is 6.30. The maximum atomic E-state index is 13.0. The lowest BCUT2D eigenvalue weighted by Crippen LogP contribution is -2.52.